The van der Waals surface area contributed by atoms with E-state index in [2.05, 4.69) is 22.0 Å². The maximum atomic E-state index is 12.4. The van der Waals surface area contributed by atoms with E-state index >= 15 is 0 Å². The molecule has 1 aliphatic heterocycles. The highest BCUT2D eigenvalue weighted by atomic mass is 32.2. The SMILES string of the molecule is O=C(CSc1nc2ccccc2o1)N1CCN(c2ccccc2)CC1. The molecule has 1 aliphatic rings. The second-order valence-corrected chi connectivity index (χ2v) is 6.87. The Hall–Kier alpha value is -2.47. The molecule has 0 spiro atoms. The van der Waals surface area contributed by atoms with E-state index in [1.165, 1.54) is 17.4 Å². The number of nitrogens with zero attached hydrogens (tertiary/aromatic N) is 3. The van der Waals surface area contributed by atoms with Crippen molar-refractivity contribution in [2.45, 2.75) is 5.22 Å². The predicted molar refractivity (Wildman–Crippen MR) is 100.0 cm³/mol. The largest absolute Gasteiger partial charge is 0.431 e. The van der Waals surface area contributed by atoms with Crippen molar-refractivity contribution in [3.63, 3.8) is 0 Å². The van der Waals surface area contributed by atoms with Crippen LogP contribution in [0.5, 0.6) is 0 Å². The summed E-state index contributed by atoms with van der Waals surface area (Å²) >= 11 is 1.36. The number of anilines is 1. The van der Waals surface area contributed by atoms with Crippen molar-refractivity contribution in [3.8, 4) is 0 Å². The lowest BCUT2D eigenvalue weighted by molar-refractivity contribution is -0.128. The fraction of sp³-hybridized carbons (Fsp3) is 0.263. The van der Waals surface area contributed by atoms with Crippen LogP contribution in [-0.2, 0) is 4.79 Å². The fourth-order valence-electron chi connectivity index (χ4n) is 2.98. The van der Waals surface area contributed by atoms with E-state index in [4.69, 9.17) is 4.42 Å². The van der Waals surface area contributed by atoms with Gasteiger partial charge in [0, 0.05) is 31.9 Å². The zero-order valence-corrected chi connectivity index (χ0v) is 14.6. The molecule has 0 unspecified atom stereocenters. The summed E-state index contributed by atoms with van der Waals surface area (Å²) in [7, 11) is 0. The number of oxazole rings is 1. The molecule has 0 aliphatic carbocycles. The lowest BCUT2D eigenvalue weighted by Gasteiger charge is -2.36. The van der Waals surface area contributed by atoms with E-state index in [9.17, 15) is 4.79 Å². The molecule has 1 saturated heterocycles. The number of rotatable bonds is 4. The number of para-hydroxylation sites is 3. The molecule has 0 N–H and O–H groups in total. The molecular formula is C19H19N3O2S. The van der Waals surface area contributed by atoms with E-state index in [0.29, 0.717) is 11.0 Å². The molecule has 2 aromatic carbocycles. The third-order valence-electron chi connectivity index (χ3n) is 4.35. The number of carbonyl (C=O) groups excluding carboxylic acids is 1. The van der Waals surface area contributed by atoms with Gasteiger partial charge in [0.25, 0.3) is 5.22 Å². The lowest BCUT2D eigenvalue weighted by atomic mass is 10.2. The summed E-state index contributed by atoms with van der Waals surface area (Å²) in [4.78, 5) is 21.1. The van der Waals surface area contributed by atoms with Gasteiger partial charge < -0.3 is 14.2 Å². The van der Waals surface area contributed by atoms with Crippen LogP contribution in [0.15, 0.2) is 64.2 Å². The summed E-state index contributed by atoms with van der Waals surface area (Å²) in [6.45, 7) is 3.23. The summed E-state index contributed by atoms with van der Waals surface area (Å²) in [5, 5.41) is 0.553. The number of hydrogen-bond donors (Lipinski definition) is 0. The second kappa shape index (κ2) is 7.19. The van der Waals surface area contributed by atoms with Crippen molar-refractivity contribution in [1.82, 2.24) is 9.88 Å². The zero-order chi connectivity index (χ0) is 17.1. The van der Waals surface area contributed by atoms with Gasteiger partial charge in [0.05, 0.1) is 5.75 Å². The number of aromatic nitrogens is 1. The monoisotopic (exact) mass is 353 g/mol. The standard InChI is InChI=1S/C19H19N3O2S/c23-18(14-25-19-20-16-8-4-5-9-17(16)24-19)22-12-10-21(11-13-22)15-6-2-1-3-7-15/h1-9H,10-14H2. The van der Waals surface area contributed by atoms with Gasteiger partial charge in [0.15, 0.2) is 5.58 Å². The Morgan fingerprint density at radius 2 is 1.72 bits per heavy atom. The van der Waals surface area contributed by atoms with Crippen molar-refractivity contribution in [1.29, 1.82) is 0 Å². The molecule has 0 atom stereocenters. The van der Waals surface area contributed by atoms with Crippen LogP contribution in [-0.4, -0.2) is 47.7 Å². The summed E-state index contributed by atoms with van der Waals surface area (Å²) < 4.78 is 5.65. The number of piperazine rings is 1. The van der Waals surface area contributed by atoms with Crippen LogP contribution in [0.2, 0.25) is 0 Å². The average molecular weight is 353 g/mol. The van der Waals surface area contributed by atoms with Gasteiger partial charge in [-0.15, -0.1) is 0 Å². The van der Waals surface area contributed by atoms with E-state index in [0.717, 1.165) is 37.3 Å². The van der Waals surface area contributed by atoms with Crippen LogP contribution in [0.4, 0.5) is 5.69 Å². The van der Waals surface area contributed by atoms with Gasteiger partial charge in [-0.05, 0) is 24.3 Å². The molecule has 0 saturated carbocycles. The van der Waals surface area contributed by atoms with Crippen LogP contribution >= 0.6 is 11.8 Å². The highest BCUT2D eigenvalue weighted by Gasteiger charge is 2.21. The van der Waals surface area contributed by atoms with Crippen LogP contribution < -0.4 is 4.90 Å². The van der Waals surface area contributed by atoms with Crippen molar-refractivity contribution in [2.75, 3.05) is 36.8 Å². The Labute approximate surface area is 150 Å². The molecule has 25 heavy (non-hydrogen) atoms. The molecule has 2 heterocycles. The summed E-state index contributed by atoms with van der Waals surface area (Å²) in [5.41, 5.74) is 2.80. The van der Waals surface area contributed by atoms with Gasteiger partial charge in [-0.3, -0.25) is 4.79 Å². The third kappa shape index (κ3) is 3.64. The Bertz CT molecular complexity index is 824. The minimum absolute atomic E-state index is 0.139. The molecule has 1 aromatic heterocycles. The Morgan fingerprint density at radius 1 is 1.00 bits per heavy atom. The maximum absolute atomic E-state index is 12.4. The molecule has 6 heteroatoms. The highest BCUT2D eigenvalue weighted by molar-refractivity contribution is 7.99. The van der Waals surface area contributed by atoms with Gasteiger partial charge in [0.2, 0.25) is 5.91 Å². The quantitative estimate of drug-likeness (QED) is 0.674. The number of benzene rings is 2. The van der Waals surface area contributed by atoms with Gasteiger partial charge >= 0.3 is 0 Å². The normalized spacial score (nSPS) is 14.9. The van der Waals surface area contributed by atoms with E-state index in [1.54, 1.807) is 0 Å². The third-order valence-corrected chi connectivity index (χ3v) is 5.16. The summed E-state index contributed by atoms with van der Waals surface area (Å²) in [6.07, 6.45) is 0. The highest BCUT2D eigenvalue weighted by Crippen LogP contribution is 2.23. The molecule has 128 valence electrons. The van der Waals surface area contributed by atoms with Crippen LogP contribution in [0.1, 0.15) is 0 Å². The average Bonchev–Trinajstić information content (AvgIpc) is 3.10. The first-order valence-electron chi connectivity index (χ1n) is 8.36. The zero-order valence-electron chi connectivity index (χ0n) is 13.8. The van der Waals surface area contributed by atoms with Crippen molar-refractivity contribution >= 4 is 34.5 Å². The van der Waals surface area contributed by atoms with Gasteiger partial charge in [-0.2, -0.15) is 0 Å². The van der Waals surface area contributed by atoms with Gasteiger partial charge in [0.1, 0.15) is 5.52 Å². The van der Waals surface area contributed by atoms with Crippen LogP contribution in [0.3, 0.4) is 0 Å². The summed E-state index contributed by atoms with van der Waals surface area (Å²) in [6, 6.07) is 18.0. The molecule has 0 bridgehead atoms. The van der Waals surface area contributed by atoms with E-state index in [1.807, 2.05) is 47.4 Å². The minimum atomic E-state index is 0.139. The molecule has 5 nitrogen and oxygen atoms in total. The second-order valence-electron chi connectivity index (χ2n) is 5.94. The molecule has 3 aromatic rings. The molecule has 4 rings (SSSR count). The number of carbonyl (C=O) groups is 1. The first-order valence-corrected chi connectivity index (χ1v) is 9.34. The minimum Gasteiger partial charge on any atom is -0.431 e. The summed E-state index contributed by atoms with van der Waals surface area (Å²) in [5.74, 6) is 0.498. The first-order chi connectivity index (χ1) is 12.3. The molecular weight excluding hydrogens is 334 g/mol. The number of amides is 1. The van der Waals surface area contributed by atoms with Crippen molar-refractivity contribution < 1.29 is 9.21 Å². The van der Waals surface area contributed by atoms with E-state index < -0.39 is 0 Å². The topological polar surface area (TPSA) is 49.6 Å². The number of hydrogen-bond acceptors (Lipinski definition) is 5. The molecule has 1 fully saturated rings. The maximum Gasteiger partial charge on any atom is 0.257 e. The van der Waals surface area contributed by atoms with Crippen LogP contribution in [0.25, 0.3) is 11.1 Å². The van der Waals surface area contributed by atoms with Crippen molar-refractivity contribution in [3.05, 3.63) is 54.6 Å². The number of fused-ring (bicyclic) bond motifs is 1. The van der Waals surface area contributed by atoms with Gasteiger partial charge in [-0.1, -0.05) is 42.1 Å². The smallest absolute Gasteiger partial charge is 0.257 e. The first kappa shape index (κ1) is 16.0. The van der Waals surface area contributed by atoms with E-state index in [-0.39, 0.29) is 5.91 Å². The predicted octanol–water partition coefficient (Wildman–Crippen LogP) is 3.27. The fourth-order valence-corrected chi connectivity index (χ4v) is 3.72. The van der Waals surface area contributed by atoms with Crippen LogP contribution in [0, 0.1) is 0 Å². The van der Waals surface area contributed by atoms with Gasteiger partial charge in [-0.25, -0.2) is 4.98 Å². The molecule has 0 radical (unpaired) electrons. The Balaban J connectivity index is 1.30. The Morgan fingerprint density at radius 3 is 2.48 bits per heavy atom. The molecule has 1 amide bonds. The Kier molecular flexibility index (Phi) is 4.61. The lowest BCUT2D eigenvalue weighted by Crippen LogP contribution is -2.49. The number of thioether (sulfide) groups is 1. The van der Waals surface area contributed by atoms with Crippen molar-refractivity contribution in [2.24, 2.45) is 0 Å².